The minimum Gasteiger partial charge on any atom is -0.449 e. The Labute approximate surface area is 184 Å². The zero-order valence-electron chi connectivity index (χ0n) is 14.5. The number of esters is 1. The molecule has 1 N–H and O–H groups in total. The molecule has 2 aromatic carbocycles. The quantitative estimate of drug-likeness (QED) is 0.624. The van der Waals surface area contributed by atoms with E-state index in [0.29, 0.717) is 0 Å². The second-order valence-electron chi connectivity index (χ2n) is 6.97. The fourth-order valence-corrected chi connectivity index (χ4v) is 4.98. The van der Waals surface area contributed by atoms with Crippen LogP contribution in [-0.2, 0) is 25.6 Å². The first-order valence-electron chi connectivity index (χ1n) is 8.34. The number of rotatable bonds is 1. The SMILES string of the molecule is CO[C@]12O[C@H](C(=O)c3cc(Cl)c(Cl)cc31)[C@]1(O)c3cc(Cl)c(Cl)cc3C(=O)O[C@H]21. The third-order valence-electron chi connectivity index (χ3n) is 5.62. The maximum absolute atomic E-state index is 13.3. The topological polar surface area (TPSA) is 82.1 Å². The van der Waals surface area contributed by atoms with Gasteiger partial charge in [-0.2, -0.15) is 0 Å². The van der Waals surface area contributed by atoms with Crippen LogP contribution in [0.15, 0.2) is 24.3 Å². The van der Waals surface area contributed by atoms with Crippen molar-refractivity contribution in [1.29, 1.82) is 0 Å². The second-order valence-corrected chi connectivity index (χ2v) is 8.60. The fourth-order valence-electron chi connectivity index (χ4n) is 4.32. The highest BCUT2D eigenvalue weighted by molar-refractivity contribution is 6.43. The molecule has 0 spiro atoms. The largest absolute Gasteiger partial charge is 0.449 e. The lowest BCUT2D eigenvalue weighted by atomic mass is 9.78. The number of hydrogen-bond acceptors (Lipinski definition) is 6. The van der Waals surface area contributed by atoms with Crippen molar-refractivity contribution in [2.45, 2.75) is 23.6 Å². The summed E-state index contributed by atoms with van der Waals surface area (Å²) in [6, 6.07) is 5.39. The molecule has 0 amide bonds. The maximum Gasteiger partial charge on any atom is 0.339 e. The standard InChI is InChI=1S/C19H10Cl4O6/c1-27-19-9-5-13(23)10(20)2-6(9)14(24)15(29-19)18(26)8-4-12(22)11(21)3-7(8)16(25)28-17(18)19/h2-5,15,17,26H,1H3/t15-,17+,18-,19+/m1/s1. The molecule has 0 aromatic heterocycles. The summed E-state index contributed by atoms with van der Waals surface area (Å²) >= 11 is 24.4. The summed E-state index contributed by atoms with van der Waals surface area (Å²) in [6.45, 7) is 0. The zero-order valence-corrected chi connectivity index (χ0v) is 17.5. The summed E-state index contributed by atoms with van der Waals surface area (Å²) in [7, 11) is 1.31. The van der Waals surface area contributed by atoms with E-state index in [1.165, 1.54) is 31.4 Å². The number of halogens is 4. The minimum absolute atomic E-state index is 0.0199. The molecule has 0 unspecified atom stereocenters. The summed E-state index contributed by atoms with van der Waals surface area (Å²) in [5.41, 5.74) is -1.68. The Balaban J connectivity index is 1.84. The zero-order chi connectivity index (χ0) is 20.9. The molecule has 3 aliphatic rings. The first-order valence-corrected chi connectivity index (χ1v) is 9.86. The van der Waals surface area contributed by atoms with Crippen molar-refractivity contribution in [3.05, 3.63) is 66.6 Å². The second kappa shape index (κ2) is 6.08. The summed E-state index contributed by atoms with van der Waals surface area (Å²) in [6.07, 6.45) is -2.86. The number of methoxy groups -OCH3 is 1. The summed E-state index contributed by atoms with van der Waals surface area (Å²) in [5.74, 6) is -3.11. The molecule has 3 heterocycles. The molecular weight excluding hydrogens is 466 g/mol. The van der Waals surface area contributed by atoms with Crippen LogP contribution >= 0.6 is 46.4 Å². The number of ketones is 1. The van der Waals surface area contributed by atoms with E-state index < -0.39 is 35.3 Å². The Morgan fingerprint density at radius 1 is 0.931 bits per heavy atom. The van der Waals surface area contributed by atoms with E-state index in [0.717, 1.165) is 0 Å². The summed E-state index contributed by atoms with van der Waals surface area (Å²) < 4.78 is 17.1. The average Bonchev–Trinajstić information content (AvgIpc) is 2.92. The lowest BCUT2D eigenvalue weighted by Gasteiger charge is -2.39. The smallest absolute Gasteiger partial charge is 0.339 e. The minimum atomic E-state index is -2.08. The van der Waals surface area contributed by atoms with Gasteiger partial charge in [0.25, 0.3) is 0 Å². The Hall–Kier alpha value is -1.38. The molecule has 6 nitrogen and oxygen atoms in total. The Kier molecular flexibility index (Phi) is 4.10. The van der Waals surface area contributed by atoms with E-state index in [1.807, 2.05) is 0 Å². The van der Waals surface area contributed by atoms with Crippen LogP contribution in [0.4, 0.5) is 0 Å². The number of hydrogen-bond donors (Lipinski definition) is 1. The molecular formula is C19H10Cl4O6. The number of aliphatic hydroxyl groups is 1. The van der Waals surface area contributed by atoms with Crippen molar-refractivity contribution in [1.82, 2.24) is 0 Å². The summed E-state index contributed by atoms with van der Waals surface area (Å²) in [4.78, 5) is 26.0. The third kappa shape index (κ3) is 2.25. The van der Waals surface area contributed by atoms with Crippen LogP contribution in [0.25, 0.3) is 0 Å². The van der Waals surface area contributed by atoms with Crippen LogP contribution in [0.1, 0.15) is 31.8 Å². The predicted octanol–water partition coefficient (Wildman–Crippen LogP) is 4.12. The number of carbonyl (C=O) groups excluding carboxylic acids is 2. The van der Waals surface area contributed by atoms with Gasteiger partial charge >= 0.3 is 5.97 Å². The molecule has 5 rings (SSSR count). The predicted molar refractivity (Wildman–Crippen MR) is 104 cm³/mol. The lowest BCUT2D eigenvalue weighted by Crippen LogP contribution is -2.54. The van der Waals surface area contributed by atoms with Gasteiger partial charge in [0.1, 0.15) is 0 Å². The number of carbonyl (C=O) groups is 2. The van der Waals surface area contributed by atoms with Gasteiger partial charge in [0, 0.05) is 23.8 Å². The van der Waals surface area contributed by atoms with Crippen molar-refractivity contribution in [2.24, 2.45) is 0 Å². The van der Waals surface area contributed by atoms with Gasteiger partial charge in [-0.1, -0.05) is 46.4 Å². The van der Waals surface area contributed by atoms with Crippen molar-refractivity contribution in [3.8, 4) is 0 Å². The normalized spacial score (nSPS) is 31.8. The summed E-state index contributed by atoms with van der Waals surface area (Å²) in [5, 5.41) is 12.3. The van der Waals surface area contributed by atoms with Crippen LogP contribution in [0.5, 0.6) is 0 Å². The van der Waals surface area contributed by atoms with E-state index in [4.69, 9.17) is 60.6 Å². The number of fused-ring (bicyclic) bond motifs is 9. The van der Waals surface area contributed by atoms with Crippen molar-refractivity contribution in [2.75, 3.05) is 7.11 Å². The van der Waals surface area contributed by atoms with Crippen LogP contribution in [0.3, 0.4) is 0 Å². The molecule has 1 saturated heterocycles. The molecule has 0 aliphatic carbocycles. The molecule has 0 saturated carbocycles. The van der Waals surface area contributed by atoms with E-state index in [1.54, 1.807) is 0 Å². The molecule has 3 aliphatic heterocycles. The monoisotopic (exact) mass is 474 g/mol. The van der Waals surface area contributed by atoms with Gasteiger partial charge < -0.3 is 19.3 Å². The van der Waals surface area contributed by atoms with E-state index in [-0.39, 0.29) is 42.3 Å². The van der Waals surface area contributed by atoms with Crippen molar-refractivity contribution >= 4 is 58.2 Å². The number of ether oxygens (including phenoxy) is 3. The Bertz CT molecular complexity index is 1130. The Morgan fingerprint density at radius 3 is 2.10 bits per heavy atom. The molecule has 2 bridgehead atoms. The molecule has 2 aromatic rings. The van der Waals surface area contributed by atoms with Gasteiger partial charge in [0.15, 0.2) is 23.6 Å². The van der Waals surface area contributed by atoms with Gasteiger partial charge in [0.05, 0.1) is 25.7 Å². The lowest BCUT2D eigenvalue weighted by molar-refractivity contribution is -0.254. The Morgan fingerprint density at radius 2 is 1.48 bits per heavy atom. The highest BCUT2D eigenvalue weighted by atomic mass is 35.5. The molecule has 10 heteroatoms. The average molecular weight is 476 g/mol. The maximum atomic E-state index is 13.3. The molecule has 4 atom stereocenters. The van der Waals surface area contributed by atoms with E-state index in [9.17, 15) is 14.7 Å². The number of Topliss-reactive ketones (excluding diaryl/α,β-unsaturated/α-hetero) is 1. The van der Waals surface area contributed by atoms with Gasteiger partial charge in [-0.15, -0.1) is 0 Å². The highest BCUT2D eigenvalue weighted by Gasteiger charge is 2.74. The van der Waals surface area contributed by atoms with Crippen LogP contribution in [-0.4, -0.2) is 36.2 Å². The van der Waals surface area contributed by atoms with Gasteiger partial charge in [-0.3, -0.25) is 4.79 Å². The molecule has 29 heavy (non-hydrogen) atoms. The highest BCUT2D eigenvalue weighted by Crippen LogP contribution is 2.59. The van der Waals surface area contributed by atoms with Crippen molar-refractivity contribution in [3.63, 3.8) is 0 Å². The van der Waals surface area contributed by atoms with E-state index >= 15 is 0 Å². The van der Waals surface area contributed by atoms with Crippen LogP contribution in [0, 0.1) is 0 Å². The fraction of sp³-hybridized carbons (Fsp3) is 0.263. The molecule has 150 valence electrons. The third-order valence-corrected chi connectivity index (χ3v) is 7.06. The first-order chi connectivity index (χ1) is 13.6. The van der Waals surface area contributed by atoms with Gasteiger partial charge in [0.2, 0.25) is 5.79 Å². The van der Waals surface area contributed by atoms with Crippen LogP contribution in [0.2, 0.25) is 20.1 Å². The van der Waals surface area contributed by atoms with Crippen LogP contribution < -0.4 is 0 Å². The first kappa shape index (κ1) is 19.6. The van der Waals surface area contributed by atoms with Crippen molar-refractivity contribution < 1.29 is 28.9 Å². The van der Waals surface area contributed by atoms with Gasteiger partial charge in [-0.25, -0.2) is 4.79 Å². The van der Waals surface area contributed by atoms with E-state index in [2.05, 4.69) is 0 Å². The molecule has 0 radical (unpaired) electrons. The van der Waals surface area contributed by atoms with Gasteiger partial charge in [-0.05, 0) is 24.3 Å². The molecule has 1 fully saturated rings. The number of benzene rings is 2.